The summed E-state index contributed by atoms with van der Waals surface area (Å²) in [4.78, 5) is 0. The fourth-order valence-corrected chi connectivity index (χ4v) is 2.99. The summed E-state index contributed by atoms with van der Waals surface area (Å²) >= 11 is 0. The minimum absolute atomic E-state index is 0.306. The zero-order valence-electron chi connectivity index (χ0n) is 15.3. The summed E-state index contributed by atoms with van der Waals surface area (Å²) in [5.41, 5.74) is 4.97. The fourth-order valence-electron chi connectivity index (χ4n) is 2.99. The molecular weight excluding hydrogens is 296 g/mol. The molecule has 2 nitrogen and oxygen atoms in total. The molecule has 0 amide bonds. The van der Waals surface area contributed by atoms with Crippen molar-refractivity contribution in [3.05, 3.63) is 47.5 Å². The van der Waals surface area contributed by atoms with Crippen molar-refractivity contribution in [3.8, 4) is 22.6 Å². The number of hydrogen-bond donors (Lipinski definition) is 1. The smallest absolute Gasteiger partial charge is 0.125 e. The summed E-state index contributed by atoms with van der Waals surface area (Å²) in [6.45, 7) is 7.41. The fraction of sp³-hybridized carbons (Fsp3) is 0.455. The van der Waals surface area contributed by atoms with E-state index in [4.69, 9.17) is 4.74 Å². The van der Waals surface area contributed by atoms with Crippen LogP contribution in [0.3, 0.4) is 0 Å². The Hall–Kier alpha value is -1.96. The first-order valence-electron chi connectivity index (χ1n) is 9.27. The molecule has 0 fully saturated rings. The van der Waals surface area contributed by atoms with Crippen LogP contribution in [0.15, 0.2) is 36.4 Å². The number of unbranched alkanes of at least 4 members (excludes halogenated alkanes) is 1. The monoisotopic (exact) mass is 326 g/mol. The van der Waals surface area contributed by atoms with Crippen molar-refractivity contribution < 1.29 is 9.84 Å². The number of phenolic OH excluding ortho intramolecular Hbond substituents is 1. The van der Waals surface area contributed by atoms with Crippen molar-refractivity contribution in [2.45, 2.75) is 59.3 Å². The van der Waals surface area contributed by atoms with E-state index < -0.39 is 0 Å². The van der Waals surface area contributed by atoms with E-state index in [-0.39, 0.29) is 0 Å². The molecule has 2 rings (SSSR count). The Labute approximate surface area is 146 Å². The summed E-state index contributed by atoms with van der Waals surface area (Å²) < 4.78 is 6.18. The maximum atomic E-state index is 9.53. The predicted molar refractivity (Wildman–Crippen MR) is 102 cm³/mol. The lowest BCUT2D eigenvalue weighted by atomic mass is 9.94. The lowest BCUT2D eigenvalue weighted by Crippen LogP contribution is -2.04. The number of phenols is 1. The summed E-state index contributed by atoms with van der Waals surface area (Å²) in [5, 5.41) is 9.53. The molecule has 2 aromatic carbocycles. The van der Waals surface area contributed by atoms with Crippen LogP contribution in [-0.4, -0.2) is 11.7 Å². The quantitative estimate of drug-likeness (QED) is 0.561. The molecule has 0 aliphatic rings. The topological polar surface area (TPSA) is 29.5 Å². The number of hydrogen-bond acceptors (Lipinski definition) is 2. The zero-order valence-corrected chi connectivity index (χ0v) is 15.3. The maximum Gasteiger partial charge on any atom is 0.125 e. The minimum atomic E-state index is 0.306. The Morgan fingerprint density at radius 2 is 1.38 bits per heavy atom. The van der Waals surface area contributed by atoms with Gasteiger partial charge in [0.1, 0.15) is 11.5 Å². The molecule has 2 heteroatoms. The summed E-state index contributed by atoms with van der Waals surface area (Å²) in [7, 11) is 0. The van der Waals surface area contributed by atoms with Crippen LogP contribution in [0.25, 0.3) is 11.1 Å². The van der Waals surface area contributed by atoms with Crippen LogP contribution in [0.1, 0.15) is 57.6 Å². The number of ether oxygens (including phenoxy) is 1. The highest BCUT2D eigenvalue weighted by atomic mass is 16.5. The molecule has 0 saturated heterocycles. The number of rotatable bonds is 9. The first-order chi connectivity index (χ1) is 11.7. The van der Waals surface area contributed by atoms with E-state index in [1.807, 2.05) is 12.1 Å². The molecule has 1 N–H and O–H groups in total. The lowest BCUT2D eigenvalue weighted by Gasteiger charge is -2.18. The molecule has 0 aliphatic carbocycles. The summed E-state index contributed by atoms with van der Waals surface area (Å²) in [6.07, 6.45) is 6.52. The van der Waals surface area contributed by atoms with E-state index >= 15 is 0 Å². The maximum absolute atomic E-state index is 9.53. The molecule has 2 aromatic rings. The Bertz CT molecular complexity index is 602. The molecule has 0 aromatic heterocycles. The van der Waals surface area contributed by atoms with E-state index in [9.17, 15) is 5.11 Å². The van der Waals surface area contributed by atoms with Gasteiger partial charge in [0.25, 0.3) is 0 Å². The second-order valence-electron chi connectivity index (χ2n) is 6.37. The van der Waals surface area contributed by atoms with Crippen molar-refractivity contribution in [1.29, 1.82) is 0 Å². The Kier molecular flexibility index (Phi) is 7.17. The molecule has 0 bridgehead atoms. The molecule has 0 radical (unpaired) electrons. The van der Waals surface area contributed by atoms with Crippen molar-refractivity contribution in [1.82, 2.24) is 0 Å². The highest BCUT2D eigenvalue weighted by molar-refractivity contribution is 5.68. The Morgan fingerprint density at radius 1 is 0.792 bits per heavy atom. The summed E-state index contributed by atoms with van der Waals surface area (Å²) in [6, 6.07) is 12.0. The van der Waals surface area contributed by atoms with E-state index in [2.05, 4.69) is 32.9 Å². The highest BCUT2D eigenvalue weighted by Gasteiger charge is 2.13. The Morgan fingerprint density at radius 3 is 1.88 bits per heavy atom. The Balaban J connectivity index is 2.44. The number of aromatic hydroxyl groups is 1. The van der Waals surface area contributed by atoms with Gasteiger partial charge < -0.3 is 9.84 Å². The predicted octanol–water partition coefficient (Wildman–Crippen LogP) is 6.14. The molecule has 0 aliphatic heterocycles. The zero-order chi connectivity index (χ0) is 17.4. The van der Waals surface area contributed by atoms with Crippen LogP contribution in [0.5, 0.6) is 11.5 Å². The van der Waals surface area contributed by atoms with Gasteiger partial charge in [-0.15, -0.1) is 0 Å². The van der Waals surface area contributed by atoms with Gasteiger partial charge in [-0.2, -0.15) is 0 Å². The SMILES string of the molecule is CCCCOc1c(CCC)cc(-c2ccc(O)cc2)cc1CCC. The van der Waals surface area contributed by atoms with Gasteiger partial charge in [-0.1, -0.05) is 52.2 Å². The van der Waals surface area contributed by atoms with Crippen LogP contribution >= 0.6 is 0 Å². The van der Waals surface area contributed by atoms with Gasteiger partial charge in [0.15, 0.2) is 0 Å². The van der Waals surface area contributed by atoms with Gasteiger partial charge in [-0.05, 0) is 65.8 Å². The molecule has 0 spiro atoms. The second kappa shape index (κ2) is 9.36. The van der Waals surface area contributed by atoms with E-state index in [1.165, 1.54) is 16.7 Å². The highest BCUT2D eigenvalue weighted by Crippen LogP contribution is 2.33. The van der Waals surface area contributed by atoms with Crippen molar-refractivity contribution in [2.75, 3.05) is 6.61 Å². The molecule has 0 atom stereocenters. The number of aryl methyl sites for hydroxylation is 2. The summed E-state index contributed by atoms with van der Waals surface area (Å²) in [5.74, 6) is 1.41. The van der Waals surface area contributed by atoms with Gasteiger partial charge in [0.05, 0.1) is 6.61 Å². The van der Waals surface area contributed by atoms with E-state index in [1.54, 1.807) is 12.1 Å². The number of benzene rings is 2. The standard InChI is InChI=1S/C22H30O2/c1-4-7-14-24-22-18(8-5-2)15-20(16-19(22)9-6-3)17-10-12-21(23)13-11-17/h10-13,15-16,23H,4-9,14H2,1-3H3. The molecule has 0 unspecified atom stereocenters. The molecule has 0 saturated carbocycles. The van der Waals surface area contributed by atoms with Crippen LogP contribution in [0, 0.1) is 0 Å². The van der Waals surface area contributed by atoms with E-state index in [0.29, 0.717) is 5.75 Å². The van der Waals surface area contributed by atoms with Gasteiger partial charge in [0.2, 0.25) is 0 Å². The third-order valence-corrected chi connectivity index (χ3v) is 4.23. The van der Waals surface area contributed by atoms with Crippen LogP contribution in [0.4, 0.5) is 0 Å². The van der Waals surface area contributed by atoms with Gasteiger partial charge in [-0.25, -0.2) is 0 Å². The first kappa shape index (κ1) is 18.4. The van der Waals surface area contributed by atoms with E-state index in [0.717, 1.165) is 56.4 Å². The minimum Gasteiger partial charge on any atom is -0.508 e. The second-order valence-corrected chi connectivity index (χ2v) is 6.37. The average Bonchev–Trinajstić information content (AvgIpc) is 2.58. The molecule has 130 valence electrons. The van der Waals surface area contributed by atoms with Crippen LogP contribution < -0.4 is 4.74 Å². The molecular formula is C22H30O2. The molecule has 0 heterocycles. The van der Waals surface area contributed by atoms with Crippen molar-refractivity contribution in [3.63, 3.8) is 0 Å². The largest absolute Gasteiger partial charge is 0.508 e. The van der Waals surface area contributed by atoms with Crippen molar-refractivity contribution in [2.24, 2.45) is 0 Å². The van der Waals surface area contributed by atoms with Crippen molar-refractivity contribution >= 4 is 0 Å². The van der Waals surface area contributed by atoms with Crippen LogP contribution in [-0.2, 0) is 12.8 Å². The first-order valence-corrected chi connectivity index (χ1v) is 9.27. The van der Waals surface area contributed by atoms with Gasteiger partial charge >= 0.3 is 0 Å². The van der Waals surface area contributed by atoms with Gasteiger partial charge in [-0.3, -0.25) is 0 Å². The third kappa shape index (κ3) is 4.77. The normalized spacial score (nSPS) is 10.8. The van der Waals surface area contributed by atoms with Crippen LogP contribution in [0.2, 0.25) is 0 Å². The lowest BCUT2D eigenvalue weighted by molar-refractivity contribution is 0.303. The third-order valence-electron chi connectivity index (χ3n) is 4.23. The van der Waals surface area contributed by atoms with Gasteiger partial charge in [0, 0.05) is 0 Å². The average molecular weight is 326 g/mol. The molecule has 24 heavy (non-hydrogen) atoms.